The van der Waals surface area contributed by atoms with Crippen molar-refractivity contribution >= 4 is 5.97 Å². The summed E-state index contributed by atoms with van der Waals surface area (Å²) in [6.45, 7) is 6.70. The molecule has 0 unspecified atom stereocenters. The number of phenols is 1. The third-order valence-corrected chi connectivity index (χ3v) is 3.47. The average Bonchev–Trinajstić information content (AvgIpc) is 2.45. The fourth-order valence-corrected chi connectivity index (χ4v) is 2.44. The van der Waals surface area contributed by atoms with Gasteiger partial charge in [0.1, 0.15) is 17.1 Å². The Kier molecular flexibility index (Phi) is 4.71. The van der Waals surface area contributed by atoms with Crippen LogP contribution in [0, 0.1) is 13.8 Å². The lowest BCUT2D eigenvalue weighted by Crippen LogP contribution is -2.00. The minimum atomic E-state index is -1.14. The molecule has 22 heavy (non-hydrogen) atoms. The van der Waals surface area contributed by atoms with Gasteiger partial charge in [-0.3, -0.25) is 0 Å². The Morgan fingerprint density at radius 1 is 1.09 bits per heavy atom. The van der Waals surface area contributed by atoms with Crippen LogP contribution in [0.2, 0.25) is 0 Å². The van der Waals surface area contributed by atoms with Crippen LogP contribution in [0.3, 0.4) is 0 Å². The van der Waals surface area contributed by atoms with Gasteiger partial charge >= 0.3 is 5.97 Å². The largest absolute Gasteiger partial charge is 0.507 e. The zero-order valence-corrected chi connectivity index (χ0v) is 13.0. The van der Waals surface area contributed by atoms with Gasteiger partial charge < -0.3 is 14.9 Å². The molecule has 0 spiro atoms. The minimum Gasteiger partial charge on any atom is -0.507 e. The summed E-state index contributed by atoms with van der Waals surface area (Å²) in [5.41, 5.74) is 3.64. The summed E-state index contributed by atoms with van der Waals surface area (Å²) in [6, 6.07) is 8.55. The van der Waals surface area contributed by atoms with E-state index in [2.05, 4.69) is 6.92 Å². The monoisotopic (exact) mass is 300 g/mol. The second-order valence-electron chi connectivity index (χ2n) is 5.32. The fourth-order valence-electron chi connectivity index (χ4n) is 2.44. The van der Waals surface area contributed by atoms with Gasteiger partial charge in [-0.05, 0) is 66.8 Å². The molecule has 2 rings (SSSR count). The van der Waals surface area contributed by atoms with Crippen molar-refractivity contribution in [3.63, 3.8) is 0 Å². The lowest BCUT2D eigenvalue weighted by molar-refractivity contribution is 0.0694. The van der Waals surface area contributed by atoms with Gasteiger partial charge in [0.15, 0.2) is 0 Å². The van der Waals surface area contributed by atoms with E-state index in [1.165, 1.54) is 12.1 Å². The molecule has 2 N–H and O–H groups in total. The van der Waals surface area contributed by atoms with E-state index < -0.39 is 5.97 Å². The Hall–Kier alpha value is -2.49. The number of carboxylic acid groups (broad SMARTS) is 1. The van der Waals surface area contributed by atoms with Crippen LogP contribution in [0.5, 0.6) is 11.5 Å². The van der Waals surface area contributed by atoms with Crippen LogP contribution in [0.25, 0.3) is 11.1 Å². The molecule has 2 aromatic carbocycles. The first-order chi connectivity index (χ1) is 10.4. The molecule has 0 aliphatic carbocycles. The van der Waals surface area contributed by atoms with E-state index in [0.717, 1.165) is 34.4 Å². The van der Waals surface area contributed by atoms with Crippen molar-refractivity contribution in [3.8, 4) is 22.6 Å². The van der Waals surface area contributed by atoms with E-state index in [-0.39, 0.29) is 11.3 Å². The molecule has 0 bridgehead atoms. The van der Waals surface area contributed by atoms with Gasteiger partial charge in [0, 0.05) is 0 Å². The second kappa shape index (κ2) is 6.52. The Labute approximate surface area is 130 Å². The summed E-state index contributed by atoms with van der Waals surface area (Å²) in [5, 5.41) is 18.8. The molecule has 2 aromatic rings. The molecule has 0 heterocycles. The van der Waals surface area contributed by atoms with Crippen molar-refractivity contribution in [3.05, 3.63) is 47.0 Å². The van der Waals surface area contributed by atoms with Crippen LogP contribution in [0.4, 0.5) is 0 Å². The van der Waals surface area contributed by atoms with Gasteiger partial charge in [0.25, 0.3) is 0 Å². The summed E-state index contributed by atoms with van der Waals surface area (Å²) in [7, 11) is 0. The van der Waals surface area contributed by atoms with Crippen LogP contribution >= 0.6 is 0 Å². The number of rotatable bonds is 5. The van der Waals surface area contributed by atoms with Crippen molar-refractivity contribution < 1.29 is 19.7 Å². The highest BCUT2D eigenvalue weighted by atomic mass is 16.5. The highest BCUT2D eigenvalue weighted by Crippen LogP contribution is 2.32. The van der Waals surface area contributed by atoms with Gasteiger partial charge in [-0.2, -0.15) is 0 Å². The minimum absolute atomic E-state index is 0.0971. The Morgan fingerprint density at radius 2 is 1.73 bits per heavy atom. The van der Waals surface area contributed by atoms with Crippen molar-refractivity contribution in [2.24, 2.45) is 0 Å². The highest BCUT2D eigenvalue weighted by molar-refractivity contribution is 5.91. The summed E-state index contributed by atoms with van der Waals surface area (Å²) >= 11 is 0. The van der Waals surface area contributed by atoms with Crippen molar-refractivity contribution in [2.75, 3.05) is 6.61 Å². The number of hydrogen-bond acceptors (Lipinski definition) is 3. The number of carboxylic acids is 1. The highest BCUT2D eigenvalue weighted by Gasteiger charge is 2.12. The van der Waals surface area contributed by atoms with Crippen LogP contribution in [-0.2, 0) is 0 Å². The van der Waals surface area contributed by atoms with Crippen LogP contribution < -0.4 is 4.74 Å². The van der Waals surface area contributed by atoms with E-state index in [9.17, 15) is 9.90 Å². The summed E-state index contributed by atoms with van der Waals surface area (Å²) < 4.78 is 5.75. The molecule has 4 heteroatoms. The Balaban J connectivity index is 2.41. The number of aromatic hydroxyl groups is 1. The zero-order valence-electron chi connectivity index (χ0n) is 13.0. The molecule has 0 fully saturated rings. The molecule has 0 aliphatic heterocycles. The van der Waals surface area contributed by atoms with Crippen molar-refractivity contribution in [1.29, 1.82) is 0 Å². The third kappa shape index (κ3) is 3.22. The van der Waals surface area contributed by atoms with Crippen LogP contribution in [-0.4, -0.2) is 22.8 Å². The van der Waals surface area contributed by atoms with Crippen molar-refractivity contribution in [2.45, 2.75) is 27.2 Å². The smallest absolute Gasteiger partial charge is 0.339 e. The van der Waals surface area contributed by atoms with Gasteiger partial charge in [-0.25, -0.2) is 4.79 Å². The standard InChI is InChI=1S/C18H20O4/c1-4-7-22-17-11(2)8-14(9-12(17)3)13-5-6-15(18(20)21)16(19)10-13/h5-6,8-10,19H,4,7H2,1-3H3,(H,20,21). The van der Waals surface area contributed by atoms with Crippen LogP contribution in [0.15, 0.2) is 30.3 Å². The maximum atomic E-state index is 10.9. The van der Waals surface area contributed by atoms with E-state index in [1.54, 1.807) is 6.07 Å². The number of aromatic carboxylic acids is 1. The lowest BCUT2D eigenvalue weighted by atomic mass is 9.98. The number of hydrogen-bond donors (Lipinski definition) is 2. The maximum absolute atomic E-state index is 10.9. The number of benzene rings is 2. The molecule has 0 aliphatic rings. The van der Waals surface area contributed by atoms with E-state index in [4.69, 9.17) is 9.84 Å². The van der Waals surface area contributed by atoms with Gasteiger partial charge in [-0.1, -0.05) is 13.0 Å². The molecule has 116 valence electrons. The third-order valence-electron chi connectivity index (χ3n) is 3.47. The molecule has 0 radical (unpaired) electrons. The Morgan fingerprint density at radius 3 is 2.23 bits per heavy atom. The average molecular weight is 300 g/mol. The van der Waals surface area contributed by atoms with E-state index >= 15 is 0 Å². The topological polar surface area (TPSA) is 66.8 Å². The molecule has 0 amide bonds. The van der Waals surface area contributed by atoms with Gasteiger partial charge in [0.05, 0.1) is 6.61 Å². The summed E-state index contributed by atoms with van der Waals surface area (Å²) in [6.07, 6.45) is 0.950. The molecular formula is C18H20O4. The molecule has 0 saturated carbocycles. The molecule has 0 saturated heterocycles. The van der Waals surface area contributed by atoms with Crippen molar-refractivity contribution in [1.82, 2.24) is 0 Å². The summed E-state index contributed by atoms with van der Waals surface area (Å²) in [4.78, 5) is 10.9. The molecular weight excluding hydrogens is 280 g/mol. The zero-order chi connectivity index (χ0) is 16.3. The second-order valence-corrected chi connectivity index (χ2v) is 5.32. The number of ether oxygens (including phenoxy) is 1. The maximum Gasteiger partial charge on any atom is 0.339 e. The molecule has 4 nitrogen and oxygen atoms in total. The predicted octanol–water partition coefficient (Wildman–Crippen LogP) is 4.16. The predicted molar refractivity (Wildman–Crippen MR) is 85.8 cm³/mol. The molecule has 0 aromatic heterocycles. The first-order valence-corrected chi connectivity index (χ1v) is 7.24. The number of carbonyl (C=O) groups is 1. The normalized spacial score (nSPS) is 10.5. The first-order valence-electron chi connectivity index (χ1n) is 7.24. The van der Waals surface area contributed by atoms with Crippen LogP contribution in [0.1, 0.15) is 34.8 Å². The Bertz CT molecular complexity index is 681. The number of aryl methyl sites for hydroxylation is 2. The van der Waals surface area contributed by atoms with Gasteiger partial charge in [-0.15, -0.1) is 0 Å². The fraction of sp³-hybridized carbons (Fsp3) is 0.278. The SMILES string of the molecule is CCCOc1c(C)cc(-c2ccc(C(=O)O)c(O)c2)cc1C. The van der Waals surface area contributed by atoms with Gasteiger partial charge in [0.2, 0.25) is 0 Å². The van der Waals surface area contributed by atoms with E-state index in [0.29, 0.717) is 6.61 Å². The van der Waals surface area contributed by atoms with E-state index in [1.807, 2.05) is 26.0 Å². The first kappa shape index (κ1) is 15.9. The summed E-state index contributed by atoms with van der Waals surface area (Å²) in [5.74, 6) is -0.483. The quantitative estimate of drug-likeness (QED) is 0.870. The molecule has 0 atom stereocenters. The lowest BCUT2D eigenvalue weighted by Gasteiger charge is -2.14.